The Balaban J connectivity index is 2.78. The molecule has 0 aromatic heterocycles. The fourth-order valence-electron chi connectivity index (χ4n) is 1.46. The molecular formula is C14H20N2O4. The van der Waals surface area contributed by atoms with Crippen LogP contribution >= 0.6 is 0 Å². The first-order chi connectivity index (χ1) is 9.47. The normalized spacial score (nSPS) is 12.7. The molecule has 0 aliphatic heterocycles. The summed E-state index contributed by atoms with van der Waals surface area (Å²) in [4.78, 5) is 16.5. The molecule has 0 saturated heterocycles. The van der Waals surface area contributed by atoms with Crippen LogP contribution in [0.15, 0.2) is 23.4 Å². The molecule has 6 heteroatoms. The summed E-state index contributed by atoms with van der Waals surface area (Å²) < 4.78 is 9.96. The van der Waals surface area contributed by atoms with Crippen LogP contribution in [-0.4, -0.2) is 31.5 Å². The number of anilines is 1. The van der Waals surface area contributed by atoms with Gasteiger partial charge >= 0.3 is 5.97 Å². The van der Waals surface area contributed by atoms with Crippen molar-refractivity contribution in [2.24, 2.45) is 5.16 Å². The van der Waals surface area contributed by atoms with E-state index in [2.05, 4.69) is 5.16 Å². The number of nitrogens with two attached hydrogens (primary N) is 1. The zero-order chi connectivity index (χ0) is 15.1. The van der Waals surface area contributed by atoms with Crippen molar-refractivity contribution in [1.29, 1.82) is 0 Å². The molecule has 0 bridgehead atoms. The minimum atomic E-state index is -0.757. The van der Waals surface area contributed by atoms with E-state index in [9.17, 15) is 4.79 Å². The lowest BCUT2D eigenvalue weighted by atomic mass is 10.1. The quantitative estimate of drug-likeness (QED) is 0.373. The van der Waals surface area contributed by atoms with Crippen LogP contribution in [-0.2, 0) is 14.4 Å². The number of rotatable bonds is 6. The van der Waals surface area contributed by atoms with Crippen molar-refractivity contribution in [1.82, 2.24) is 0 Å². The van der Waals surface area contributed by atoms with Gasteiger partial charge in [-0.25, -0.2) is 4.79 Å². The van der Waals surface area contributed by atoms with E-state index in [0.29, 0.717) is 23.8 Å². The summed E-state index contributed by atoms with van der Waals surface area (Å²) in [5.41, 5.74) is 7.68. The van der Waals surface area contributed by atoms with Crippen molar-refractivity contribution in [2.75, 3.05) is 19.5 Å². The molecule has 1 rings (SSSR count). The van der Waals surface area contributed by atoms with Crippen LogP contribution in [0.2, 0.25) is 0 Å². The van der Waals surface area contributed by atoms with Gasteiger partial charge in [0.2, 0.25) is 6.10 Å². The van der Waals surface area contributed by atoms with Crippen LogP contribution in [0.3, 0.4) is 0 Å². The van der Waals surface area contributed by atoms with Gasteiger partial charge in [0.1, 0.15) is 5.75 Å². The van der Waals surface area contributed by atoms with E-state index >= 15 is 0 Å². The third-order valence-corrected chi connectivity index (χ3v) is 2.55. The van der Waals surface area contributed by atoms with E-state index in [0.717, 1.165) is 5.56 Å². The highest BCUT2D eigenvalue weighted by molar-refractivity contribution is 5.99. The lowest BCUT2D eigenvalue weighted by Crippen LogP contribution is -2.21. The SMILES string of the molecule is CCOC(=O)C(C)O/N=C(\C)c1cc(N)cc(OC)c1. The first-order valence-electron chi connectivity index (χ1n) is 6.30. The number of carbonyl (C=O) groups excluding carboxylic acids is 1. The van der Waals surface area contributed by atoms with E-state index in [-0.39, 0.29) is 0 Å². The molecule has 0 saturated carbocycles. The van der Waals surface area contributed by atoms with Crippen LogP contribution in [0, 0.1) is 0 Å². The molecule has 20 heavy (non-hydrogen) atoms. The molecule has 0 amide bonds. The van der Waals surface area contributed by atoms with Crippen molar-refractivity contribution in [2.45, 2.75) is 26.9 Å². The maximum absolute atomic E-state index is 11.4. The molecule has 1 aromatic carbocycles. The summed E-state index contributed by atoms with van der Waals surface area (Å²) in [7, 11) is 1.56. The summed E-state index contributed by atoms with van der Waals surface area (Å²) in [6.07, 6.45) is -0.757. The Labute approximate surface area is 118 Å². The molecule has 0 aliphatic carbocycles. The number of oxime groups is 1. The number of benzene rings is 1. The average Bonchev–Trinajstić information content (AvgIpc) is 2.43. The zero-order valence-electron chi connectivity index (χ0n) is 12.2. The van der Waals surface area contributed by atoms with Crippen LogP contribution in [0.5, 0.6) is 5.75 Å². The topological polar surface area (TPSA) is 83.1 Å². The summed E-state index contributed by atoms with van der Waals surface area (Å²) in [6.45, 7) is 5.38. The Morgan fingerprint density at radius 1 is 1.40 bits per heavy atom. The van der Waals surface area contributed by atoms with Gasteiger partial charge in [0.25, 0.3) is 0 Å². The highest BCUT2D eigenvalue weighted by Crippen LogP contribution is 2.19. The smallest absolute Gasteiger partial charge is 0.349 e. The van der Waals surface area contributed by atoms with Gasteiger partial charge in [-0.05, 0) is 32.9 Å². The molecular weight excluding hydrogens is 260 g/mol. The van der Waals surface area contributed by atoms with Crippen LogP contribution in [0.1, 0.15) is 26.3 Å². The molecule has 0 fully saturated rings. The summed E-state index contributed by atoms with van der Waals surface area (Å²) >= 11 is 0. The fourth-order valence-corrected chi connectivity index (χ4v) is 1.46. The highest BCUT2D eigenvalue weighted by atomic mass is 16.7. The number of nitrogens with zero attached hydrogens (tertiary/aromatic N) is 1. The third-order valence-electron chi connectivity index (χ3n) is 2.55. The number of ether oxygens (including phenoxy) is 2. The molecule has 0 heterocycles. The maximum Gasteiger partial charge on any atom is 0.349 e. The summed E-state index contributed by atoms with van der Waals surface area (Å²) in [5, 5.41) is 3.92. The molecule has 2 N–H and O–H groups in total. The first-order valence-corrected chi connectivity index (χ1v) is 6.30. The van der Waals surface area contributed by atoms with Crippen molar-refractivity contribution in [3.05, 3.63) is 23.8 Å². The van der Waals surface area contributed by atoms with Gasteiger partial charge in [0, 0.05) is 17.3 Å². The largest absolute Gasteiger partial charge is 0.497 e. The number of nitrogen functional groups attached to an aromatic ring is 1. The highest BCUT2D eigenvalue weighted by Gasteiger charge is 2.15. The van der Waals surface area contributed by atoms with Crippen LogP contribution < -0.4 is 10.5 Å². The van der Waals surface area contributed by atoms with E-state index in [1.165, 1.54) is 0 Å². The van der Waals surface area contributed by atoms with Gasteiger partial charge < -0.3 is 20.0 Å². The molecule has 1 atom stereocenters. The van der Waals surface area contributed by atoms with Crippen LogP contribution in [0.25, 0.3) is 0 Å². The maximum atomic E-state index is 11.4. The minimum absolute atomic E-state index is 0.307. The number of carbonyl (C=O) groups is 1. The van der Waals surface area contributed by atoms with Gasteiger partial charge in [-0.2, -0.15) is 0 Å². The summed E-state index contributed by atoms with van der Waals surface area (Å²) in [6, 6.07) is 5.24. The predicted molar refractivity (Wildman–Crippen MR) is 76.8 cm³/mol. The standard InChI is InChI=1S/C14H20N2O4/c1-5-19-14(17)10(3)20-16-9(2)11-6-12(15)8-13(7-11)18-4/h6-8,10H,5,15H2,1-4H3/b16-9+. The monoisotopic (exact) mass is 280 g/mol. The molecule has 1 unspecified atom stereocenters. The Morgan fingerprint density at radius 2 is 2.10 bits per heavy atom. The van der Waals surface area contributed by atoms with E-state index in [1.807, 2.05) is 0 Å². The van der Waals surface area contributed by atoms with Crippen molar-refractivity contribution in [3.63, 3.8) is 0 Å². The van der Waals surface area contributed by atoms with E-state index in [4.69, 9.17) is 20.0 Å². The molecule has 110 valence electrons. The Morgan fingerprint density at radius 3 is 2.70 bits per heavy atom. The second-order valence-corrected chi connectivity index (χ2v) is 4.17. The molecule has 0 radical (unpaired) electrons. The van der Waals surface area contributed by atoms with E-state index < -0.39 is 12.1 Å². The van der Waals surface area contributed by atoms with Gasteiger partial charge in [0.15, 0.2) is 0 Å². The second-order valence-electron chi connectivity index (χ2n) is 4.17. The van der Waals surface area contributed by atoms with Crippen molar-refractivity contribution < 1.29 is 19.1 Å². The molecule has 6 nitrogen and oxygen atoms in total. The summed E-state index contributed by atoms with van der Waals surface area (Å²) in [5.74, 6) is 0.183. The molecule has 0 aliphatic rings. The van der Waals surface area contributed by atoms with Crippen molar-refractivity contribution >= 4 is 17.4 Å². The Hall–Kier alpha value is -2.24. The second kappa shape index (κ2) is 7.37. The zero-order valence-corrected chi connectivity index (χ0v) is 12.2. The number of methoxy groups -OCH3 is 1. The van der Waals surface area contributed by atoms with Gasteiger partial charge in [-0.1, -0.05) is 5.16 Å². The molecule has 0 spiro atoms. The Kier molecular flexibility index (Phi) is 5.83. The number of hydrogen-bond donors (Lipinski definition) is 1. The average molecular weight is 280 g/mol. The number of hydrogen-bond acceptors (Lipinski definition) is 6. The van der Waals surface area contributed by atoms with Crippen molar-refractivity contribution in [3.8, 4) is 5.75 Å². The van der Waals surface area contributed by atoms with E-state index in [1.54, 1.807) is 46.1 Å². The van der Waals surface area contributed by atoms with Crippen LogP contribution in [0.4, 0.5) is 5.69 Å². The predicted octanol–water partition coefficient (Wildman–Crippen LogP) is 1.97. The minimum Gasteiger partial charge on any atom is -0.497 e. The lowest BCUT2D eigenvalue weighted by Gasteiger charge is -2.10. The molecule has 1 aromatic rings. The first kappa shape index (κ1) is 15.8. The Bertz CT molecular complexity index is 500. The van der Waals surface area contributed by atoms with Gasteiger partial charge in [0.05, 0.1) is 19.4 Å². The lowest BCUT2D eigenvalue weighted by molar-refractivity contribution is -0.155. The third kappa shape index (κ3) is 4.46. The van der Waals surface area contributed by atoms with Gasteiger partial charge in [-0.3, -0.25) is 0 Å². The van der Waals surface area contributed by atoms with Gasteiger partial charge in [-0.15, -0.1) is 0 Å². The fraction of sp³-hybridized carbons (Fsp3) is 0.429. The number of esters is 1.